The van der Waals surface area contributed by atoms with Crippen LogP contribution in [0.15, 0.2) is 41.0 Å². The third-order valence-corrected chi connectivity index (χ3v) is 4.53. The SMILES string of the molecule is CC[C@H](C)[C@H](NC(=O)OCc1ccccc1)C(=O)NCC1C=C(Br)NO1. The molecule has 1 aromatic carbocycles. The minimum Gasteiger partial charge on any atom is -0.445 e. The Kier molecular flexibility index (Phi) is 7.93. The lowest BCUT2D eigenvalue weighted by Crippen LogP contribution is -2.51. The number of ether oxygens (including phenoxy) is 1. The van der Waals surface area contributed by atoms with Crippen LogP contribution >= 0.6 is 15.9 Å². The Morgan fingerprint density at radius 2 is 2.08 bits per heavy atom. The molecule has 26 heavy (non-hydrogen) atoms. The number of carbonyl (C=O) groups excluding carboxylic acids is 2. The van der Waals surface area contributed by atoms with Gasteiger partial charge in [0.15, 0.2) is 0 Å². The first-order chi connectivity index (χ1) is 12.5. The van der Waals surface area contributed by atoms with Crippen LogP contribution in [0.1, 0.15) is 25.8 Å². The summed E-state index contributed by atoms with van der Waals surface area (Å²) in [7, 11) is 0. The van der Waals surface area contributed by atoms with Crippen LogP contribution in [0.3, 0.4) is 0 Å². The van der Waals surface area contributed by atoms with E-state index >= 15 is 0 Å². The van der Waals surface area contributed by atoms with Crippen LogP contribution in [-0.4, -0.2) is 30.7 Å². The maximum Gasteiger partial charge on any atom is 0.408 e. The van der Waals surface area contributed by atoms with Gasteiger partial charge in [-0.2, -0.15) is 0 Å². The van der Waals surface area contributed by atoms with Crippen LogP contribution in [0.2, 0.25) is 0 Å². The number of hydroxylamine groups is 1. The van der Waals surface area contributed by atoms with E-state index in [9.17, 15) is 9.59 Å². The quantitative estimate of drug-likeness (QED) is 0.557. The Morgan fingerprint density at radius 1 is 1.35 bits per heavy atom. The second-order valence-corrected chi connectivity index (χ2v) is 6.94. The predicted molar refractivity (Wildman–Crippen MR) is 101 cm³/mol. The van der Waals surface area contributed by atoms with E-state index in [1.165, 1.54) is 0 Å². The van der Waals surface area contributed by atoms with Crippen molar-refractivity contribution in [2.45, 2.75) is 39.0 Å². The molecule has 2 rings (SSSR count). The molecule has 0 radical (unpaired) electrons. The highest BCUT2D eigenvalue weighted by Gasteiger charge is 2.27. The summed E-state index contributed by atoms with van der Waals surface area (Å²) in [6, 6.07) is 8.70. The van der Waals surface area contributed by atoms with E-state index in [2.05, 4.69) is 32.0 Å². The molecule has 2 amide bonds. The zero-order chi connectivity index (χ0) is 18.9. The molecule has 7 nitrogen and oxygen atoms in total. The molecule has 0 aromatic heterocycles. The van der Waals surface area contributed by atoms with Gasteiger partial charge in [0.25, 0.3) is 0 Å². The van der Waals surface area contributed by atoms with Gasteiger partial charge >= 0.3 is 6.09 Å². The van der Waals surface area contributed by atoms with Crippen molar-refractivity contribution >= 4 is 27.9 Å². The van der Waals surface area contributed by atoms with Crippen molar-refractivity contribution in [2.75, 3.05) is 6.54 Å². The summed E-state index contributed by atoms with van der Waals surface area (Å²) < 4.78 is 5.94. The molecule has 1 aliphatic heterocycles. The third kappa shape index (κ3) is 6.34. The minimum absolute atomic E-state index is 0.0378. The first kappa shape index (κ1) is 20.3. The first-order valence-electron chi connectivity index (χ1n) is 8.53. The molecule has 0 bridgehead atoms. The number of rotatable bonds is 8. The fourth-order valence-electron chi connectivity index (χ4n) is 2.37. The summed E-state index contributed by atoms with van der Waals surface area (Å²) in [6.45, 7) is 4.33. The van der Waals surface area contributed by atoms with E-state index < -0.39 is 12.1 Å². The lowest BCUT2D eigenvalue weighted by atomic mass is 9.98. The third-order valence-electron chi connectivity index (χ3n) is 4.10. The van der Waals surface area contributed by atoms with Crippen molar-refractivity contribution in [3.05, 3.63) is 46.6 Å². The molecule has 1 unspecified atom stereocenters. The van der Waals surface area contributed by atoms with E-state index in [4.69, 9.17) is 9.57 Å². The average molecular weight is 426 g/mol. The molecule has 0 fully saturated rings. The van der Waals surface area contributed by atoms with Gasteiger partial charge in [0.2, 0.25) is 5.91 Å². The summed E-state index contributed by atoms with van der Waals surface area (Å²) in [5.41, 5.74) is 3.54. The van der Waals surface area contributed by atoms with E-state index in [1.54, 1.807) is 6.08 Å². The maximum absolute atomic E-state index is 12.5. The van der Waals surface area contributed by atoms with Gasteiger partial charge < -0.3 is 15.4 Å². The summed E-state index contributed by atoms with van der Waals surface area (Å²) in [5, 5.41) is 5.47. The van der Waals surface area contributed by atoms with Gasteiger partial charge in [-0.3, -0.25) is 15.1 Å². The number of nitrogens with one attached hydrogen (secondary N) is 3. The average Bonchev–Trinajstić information content (AvgIpc) is 3.08. The van der Waals surface area contributed by atoms with E-state index in [0.717, 1.165) is 16.6 Å². The molecular weight excluding hydrogens is 402 g/mol. The topological polar surface area (TPSA) is 88.7 Å². The van der Waals surface area contributed by atoms with Gasteiger partial charge in [-0.05, 0) is 33.5 Å². The Labute approximate surface area is 161 Å². The summed E-state index contributed by atoms with van der Waals surface area (Å²) in [5.74, 6) is -0.305. The fourth-order valence-corrected chi connectivity index (χ4v) is 2.76. The standard InChI is InChI=1S/C18H24BrN3O4/c1-3-12(2)16(17(23)20-10-14-9-15(19)22-26-14)21-18(24)25-11-13-7-5-4-6-8-13/h4-9,12,14,16,22H,3,10-11H2,1-2H3,(H,20,23)(H,21,24)/t12-,14?,16-/m0/s1. The molecule has 0 saturated heterocycles. The van der Waals surface area contributed by atoms with Crippen molar-refractivity contribution in [3.63, 3.8) is 0 Å². The molecule has 142 valence electrons. The predicted octanol–water partition coefficient (Wildman–Crippen LogP) is 2.58. The first-order valence-corrected chi connectivity index (χ1v) is 9.32. The van der Waals surface area contributed by atoms with Crippen molar-refractivity contribution in [1.82, 2.24) is 16.1 Å². The highest BCUT2D eigenvalue weighted by atomic mass is 79.9. The highest BCUT2D eigenvalue weighted by molar-refractivity contribution is 9.11. The molecule has 8 heteroatoms. The van der Waals surface area contributed by atoms with Crippen LogP contribution < -0.4 is 16.1 Å². The van der Waals surface area contributed by atoms with E-state index in [1.807, 2.05) is 44.2 Å². The van der Waals surface area contributed by atoms with Crippen molar-refractivity contribution in [2.24, 2.45) is 5.92 Å². The lowest BCUT2D eigenvalue weighted by Gasteiger charge is -2.23. The lowest BCUT2D eigenvalue weighted by molar-refractivity contribution is -0.124. The minimum atomic E-state index is -0.676. The van der Waals surface area contributed by atoms with E-state index in [-0.39, 0.29) is 24.5 Å². The monoisotopic (exact) mass is 425 g/mol. The van der Waals surface area contributed by atoms with Crippen LogP contribution in [0.4, 0.5) is 4.79 Å². The van der Waals surface area contributed by atoms with Crippen LogP contribution in [-0.2, 0) is 21.0 Å². The maximum atomic E-state index is 12.5. The van der Waals surface area contributed by atoms with Gasteiger partial charge in [0.1, 0.15) is 23.4 Å². The Hall–Kier alpha value is -2.06. The second kappa shape index (κ2) is 10.2. The summed E-state index contributed by atoms with van der Waals surface area (Å²) in [4.78, 5) is 29.8. The smallest absolute Gasteiger partial charge is 0.408 e. The number of carbonyl (C=O) groups is 2. The van der Waals surface area contributed by atoms with Gasteiger partial charge in [-0.1, -0.05) is 50.6 Å². The van der Waals surface area contributed by atoms with Crippen LogP contribution in [0.5, 0.6) is 0 Å². The number of halogens is 1. The molecule has 0 spiro atoms. The molecule has 0 aliphatic carbocycles. The summed E-state index contributed by atoms with van der Waals surface area (Å²) >= 11 is 3.26. The molecule has 1 heterocycles. The van der Waals surface area contributed by atoms with Crippen molar-refractivity contribution in [1.29, 1.82) is 0 Å². The number of benzene rings is 1. The highest BCUT2D eigenvalue weighted by Crippen LogP contribution is 2.12. The largest absolute Gasteiger partial charge is 0.445 e. The molecule has 1 aromatic rings. The Balaban J connectivity index is 1.85. The van der Waals surface area contributed by atoms with E-state index in [0.29, 0.717) is 6.54 Å². The second-order valence-electron chi connectivity index (χ2n) is 6.09. The van der Waals surface area contributed by atoms with Gasteiger partial charge in [0.05, 0.1) is 6.54 Å². The molecule has 1 aliphatic rings. The number of hydrogen-bond donors (Lipinski definition) is 3. The number of hydrogen-bond acceptors (Lipinski definition) is 5. The zero-order valence-corrected chi connectivity index (χ0v) is 16.4. The van der Waals surface area contributed by atoms with Gasteiger partial charge in [0, 0.05) is 0 Å². The molecule has 0 saturated carbocycles. The van der Waals surface area contributed by atoms with Crippen molar-refractivity contribution < 1.29 is 19.2 Å². The normalized spacial score (nSPS) is 18.3. The summed E-state index contributed by atoms with van der Waals surface area (Å²) in [6.07, 6.45) is 1.66. The number of alkyl carbamates (subject to hydrolysis) is 1. The fraction of sp³-hybridized carbons (Fsp3) is 0.444. The van der Waals surface area contributed by atoms with Crippen LogP contribution in [0, 0.1) is 5.92 Å². The number of amides is 2. The molecule has 3 N–H and O–H groups in total. The van der Waals surface area contributed by atoms with Crippen molar-refractivity contribution in [3.8, 4) is 0 Å². The van der Waals surface area contributed by atoms with Gasteiger partial charge in [-0.15, -0.1) is 0 Å². The zero-order valence-electron chi connectivity index (χ0n) is 14.8. The Morgan fingerprint density at radius 3 is 2.69 bits per heavy atom. The molecular formula is C18H24BrN3O4. The van der Waals surface area contributed by atoms with Crippen LogP contribution in [0.25, 0.3) is 0 Å². The molecule has 3 atom stereocenters. The van der Waals surface area contributed by atoms with Gasteiger partial charge in [-0.25, -0.2) is 4.79 Å². The Bertz CT molecular complexity index is 639.